The lowest BCUT2D eigenvalue weighted by atomic mass is 10.1. The van der Waals surface area contributed by atoms with Crippen LogP contribution in [0.25, 0.3) is 21.5 Å². The van der Waals surface area contributed by atoms with E-state index < -0.39 is 11.9 Å². The van der Waals surface area contributed by atoms with E-state index in [1.807, 2.05) is 98.8 Å². The van der Waals surface area contributed by atoms with Crippen molar-refractivity contribution < 1.29 is 48.2 Å². The van der Waals surface area contributed by atoms with Crippen LogP contribution >= 0.6 is 0 Å². The summed E-state index contributed by atoms with van der Waals surface area (Å²) in [4.78, 5) is 26.2. The molecular formula is C56H58O10. The van der Waals surface area contributed by atoms with Crippen molar-refractivity contribution in [2.24, 2.45) is 0 Å². The van der Waals surface area contributed by atoms with E-state index in [-0.39, 0.29) is 13.2 Å². The van der Waals surface area contributed by atoms with Gasteiger partial charge in [-0.2, -0.15) is 0 Å². The molecule has 0 heterocycles. The lowest BCUT2D eigenvalue weighted by Crippen LogP contribution is -2.10. The highest BCUT2D eigenvalue weighted by Gasteiger charge is 2.17. The second kappa shape index (κ2) is 26.1. The zero-order valence-electron chi connectivity index (χ0n) is 37.9. The lowest BCUT2D eigenvalue weighted by Gasteiger charge is -2.13. The predicted octanol–water partition coefficient (Wildman–Crippen LogP) is 10.5. The molecule has 0 bridgehead atoms. The highest BCUT2D eigenvalue weighted by molar-refractivity contribution is 5.94. The van der Waals surface area contributed by atoms with Crippen LogP contribution in [-0.2, 0) is 9.47 Å². The number of esters is 2. The van der Waals surface area contributed by atoms with Crippen molar-refractivity contribution in [3.8, 4) is 46.7 Å². The van der Waals surface area contributed by atoms with Gasteiger partial charge in [0.1, 0.15) is 34.1 Å². The minimum atomic E-state index is -0.449. The van der Waals surface area contributed by atoms with E-state index in [1.54, 1.807) is 24.3 Å². The Morgan fingerprint density at radius 2 is 0.773 bits per heavy atom. The van der Waals surface area contributed by atoms with Crippen molar-refractivity contribution in [3.63, 3.8) is 0 Å². The van der Waals surface area contributed by atoms with Gasteiger partial charge >= 0.3 is 11.9 Å². The van der Waals surface area contributed by atoms with Crippen LogP contribution in [0.15, 0.2) is 109 Å². The molecule has 0 atom stereocenters. The monoisotopic (exact) mass is 890 g/mol. The van der Waals surface area contributed by atoms with Crippen LogP contribution in [0.5, 0.6) is 23.0 Å². The zero-order valence-corrected chi connectivity index (χ0v) is 37.9. The third-order valence-electron chi connectivity index (χ3n) is 10.3. The van der Waals surface area contributed by atoms with Gasteiger partial charge in [-0.15, -0.1) is 0 Å². The first kappa shape index (κ1) is 48.5. The van der Waals surface area contributed by atoms with Gasteiger partial charge in [0.05, 0.1) is 39.6 Å². The molecule has 0 fully saturated rings. The van der Waals surface area contributed by atoms with Gasteiger partial charge in [-0.3, -0.25) is 0 Å². The van der Waals surface area contributed by atoms with E-state index >= 15 is 0 Å². The van der Waals surface area contributed by atoms with Gasteiger partial charge in [0.2, 0.25) is 0 Å². The van der Waals surface area contributed by atoms with E-state index in [0.29, 0.717) is 99.1 Å². The summed E-state index contributed by atoms with van der Waals surface area (Å²) in [5, 5.41) is 22.1. The van der Waals surface area contributed by atoms with Crippen LogP contribution in [0.3, 0.4) is 0 Å². The summed E-state index contributed by atoms with van der Waals surface area (Å²) in [5.74, 6) is 14.3. The van der Waals surface area contributed by atoms with Crippen LogP contribution in [0.2, 0.25) is 0 Å². The second-order valence-electron chi connectivity index (χ2n) is 15.6. The third-order valence-corrected chi connectivity index (χ3v) is 10.3. The molecule has 10 nitrogen and oxygen atoms in total. The molecule has 342 valence electrons. The first-order valence-electron chi connectivity index (χ1n) is 22.8. The van der Waals surface area contributed by atoms with Crippen LogP contribution < -0.4 is 18.9 Å². The number of unbranched alkanes of at least 4 members (excludes halogenated alkanes) is 3. The van der Waals surface area contributed by atoms with Gasteiger partial charge in [0.15, 0.2) is 0 Å². The molecule has 0 aliphatic rings. The summed E-state index contributed by atoms with van der Waals surface area (Å²) in [6, 6.07) is 34.4. The van der Waals surface area contributed by atoms with Crippen LogP contribution in [-0.4, -0.2) is 75.0 Å². The molecule has 0 amide bonds. The number of aliphatic hydroxyl groups is 2. The van der Waals surface area contributed by atoms with Gasteiger partial charge in [-0.25, -0.2) is 9.59 Å². The maximum absolute atomic E-state index is 13.1. The Bertz CT molecular complexity index is 2500. The van der Waals surface area contributed by atoms with Gasteiger partial charge in [-0.05, 0) is 145 Å². The molecule has 0 saturated heterocycles. The summed E-state index contributed by atoms with van der Waals surface area (Å²) in [6.45, 7) is 6.45. The number of aliphatic hydroxyl groups excluding tert-OH is 2. The van der Waals surface area contributed by atoms with Gasteiger partial charge in [-0.1, -0.05) is 61.8 Å². The van der Waals surface area contributed by atoms with E-state index in [4.69, 9.17) is 38.6 Å². The fourth-order valence-corrected chi connectivity index (χ4v) is 6.83. The van der Waals surface area contributed by atoms with Crippen molar-refractivity contribution >= 4 is 33.5 Å². The summed E-state index contributed by atoms with van der Waals surface area (Å²) < 4.78 is 34.6. The predicted molar refractivity (Wildman–Crippen MR) is 258 cm³/mol. The lowest BCUT2D eigenvalue weighted by molar-refractivity contribution is 0.0490. The molecule has 66 heavy (non-hydrogen) atoms. The molecule has 0 spiro atoms. The Hall–Kier alpha value is -6.98. The average molecular weight is 891 g/mol. The topological polar surface area (TPSA) is 130 Å². The number of carbonyl (C=O) groups is 2. The molecule has 0 aliphatic heterocycles. The van der Waals surface area contributed by atoms with Crippen molar-refractivity contribution in [1.82, 2.24) is 0 Å². The number of hydrogen-bond acceptors (Lipinski definition) is 10. The molecule has 0 radical (unpaired) electrons. The Morgan fingerprint density at radius 3 is 1.18 bits per heavy atom. The van der Waals surface area contributed by atoms with Crippen LogP contribution in [0, 0.1) is 23.7 Å². The van der Waals surface area contributed by atoms with Gasteiger partial charge in [0, 0.05) is 48.3 Å². The summed E-state index contributed by atoms with van der Waals surface area (Å²) in [5.41, 5.74) is 3.69. The zero-order chi connectivity index (χ0) is 46.4. The number of hydrogen-bond donors (Lipinski definition) is 2. The Labute approximate surface area is 387 Å². The fourth-order valence-electron chi connectivity index (χ4n) is 6.83. The molecule has 0 aliphatic carbocycles. The third kappa shape index (κ3) is 14.8. The van der Waals surface area contributed by atoms with E-state index in [0.717, 1.165) is 69.9 Å². The van der Waals surface area contributed by atoms with Gasteiger partial charge < -0.3 is 38.6 Å². The highest BCUT2D eigenvalue weighted by Crippen LogP contribution is 2.26. The normalized spacial score (nSPS) is 10.7. The summed E-state index contributed by atoms with van der Waals surface area (Å²) in [6.07, 6.45) is 5.85. The van der Waals surface area contributed by atoms with Crippen molar-refractivity contribution in [3.05, 3.63) is 143 Å². The SMILES string of the molecule is CCCOC(=O)c1cc(C#Cc2ccc3cc(OCCCO)ccc3c2)ccc1OCCCCCCOc1ccc(C#Cc2ccc3cc(OCCCO)ccc3c2)cc1C(=O)OCCC. The molecule has 6 aromatic carbocycles. The maximum Gasteiger partial charge on any atom is 0.341 e. The Balaban J connectivity index is 1.00. The highest BCUT2D eigenvalue weighted by atomic mass is 16.5. The van der Waals surface area contributed by atoms with Crippen molar-refractivity contribution in [2.45, 2.75) is 65.2 Å². The van der Waals surface area contributed by atoms with Crippen LogP contribution in [0.1, 0.15) is 108 Å². The second-order valence-corrected chi connectivity index (χ2v) is 15.6. The Kier molecular flexibility index (Phi) is 19.2. The molecule has 0 aromatic heterocycles. The van der Waals surface area contributed by atoms with E-state index in [2.05, 4.69) is 23.7 Å². The molecule has 6 aromatic rings. The first-order valence-corrected chi connectivity index (χ1v) is 22.8. The quantitative estimate of drug-likeness (QED) is 0.0364. The first-order chi connectivity index (χ1) is 32.4. The minimum Gasteiger partial charge on any atom is -0.493 e. The molecule has 10 heteroatoms. The largest absolute Gasteiger partial charge is 0.493 e. The van der Waals surface area contributed by atoms with Crippen molar-refractivity contribution in [2.75, 3.05) is 52.9 Å². The molecule has 2 N–H and O–H groups in total. The number of rotatable bonds is 23. The maximum atomic E-state index is 13.1. The molecule has 0 saturated carbocycles. The molecule has 0 unspecified atom stereocenters. The van der Waals surface area contributed by atoms with Crippen molar-refractivity contribution in [1.29, 1.82) is 0 Å². The average Bonchev–Trinajstić information content (AvgIpc) is 3.34. The summed E-state index contributed by atoms with van der Waals surface area (Å²) >= 11 is 0. The number of benzene rings is 6. The number of carbonyl (C=O) groups excluding carboxylic acids is 2. The molecular weight excluding hydrogens is 833 g/mol. The minimum absolute atomic E-state index is 0.0915. The Morgan fingerprint density at radius 1 is 0.409 bits per heavy atom. The van der Waals surface area contributed by atoms with E-state index in [1.165, 1.54) is 0 Å². The number of ether oxygens (including phenoxy) is 6. The smallest absolute Gasteiger partial charge is 0.341 e. The van der Waals surface area contributed by atoms with Crippen LogP contribution in [0.4, 0.5) is 0 Å². The standard InChI is InChI=1S/C56H58O10/c1-3-29-65-55(59)51-37-43(13-11-41-15-19-47-39-49(61-33-9-27-57)23-21-45(47)35-41)17-25-53(51)63-31-7-5-6-8-32-64-54-26-18-44(38-52(54)56(60)66-30-4-2)14-12-42-16-20-48-40-50(62-34-10-28-58)24-22-46(48)36-42/h15-26,35-40,57-58H,3-10,27-34H2,1-2H3. The number of fused-ring (bicyclic) bond motifs is 2. The van der Waals surface area contributed by atoms with E-state index in [9.17, 15) is 9.59 Å². The fraction of sp³-hybridized carbons (Fsp3) is 0.321. The van der Waals surface area contributed by atoms with Gasteiger partial charge in [0.25, 0.3) is 0 Å². The summed E-state index contributed by atoms with van der Waals surface area (Å²) in [7, 11) is 0. The molecule has 6 rings (SSSR count).